The van der Waals surface area contributed by atoms with E-state index in [-0.39, 0.29) is 5.91 Å². The van der Waals surface area contributed by atoms with Crippen LogP contribution in [0.1, 0.15) is 37.3 Å². The maximum atomic E-state index is 13.1. The van der Waals surface area contributed by atoms with Gasteiger partial charge in [-0.2, -0.15) is 5.26 Å². The van der Waals surface area contributed by atoms with E-state index < -0.39 is 0 Å². The molecule has 27 heavy (non-hydrogen) atoms. The van der Waals surface area contributed by atoms with Crippen molar-refractivity contribution < 1.29 is 4.79 Å². The zero-order chi connectivity index (χ0) is 19.2. The summed E-state index contributed by atoms with van der Waals surface area (Å²) in [5.41, 5.74) is 2.70. The molecule has 1 saturated carbocycles. The number of likely N-dealkylation sites (N-methyl/N-ethyl adjacent to an activating group) is 1. The second-order valence-corrected chi connectivity index (χ2v) is 7.89. The van der Waals surface area contributed by atoms with Crippen molar-refractivity contribution in [2.75, 3.05) is 32.4 Å². The fourth-order valence-corrected chi connectivity index (χ4v) is 3.97. The zero-order valence-electron chi connectivity index (χ0n) is 16.0. The summed E-state index contributed by atoms with van der Waals surface area (Å²) in [6.07, 6.45) is 3.46. The molecule has 0 N–H and O–H groups in total. The molecule has 1 heterocycles. The molecule has 2 aliphatic rings. The summed E-state index contributed by atoms with van der Waals surface area (Å²) >= 11 is 1.57. The predicted octanol–water partition coefficient (Wildman–Crippen LogP) is 3.27. The number of carbonyl (C=O) groups is 1. The van der Waals surface area contributed by atoms with Gasteiger partial charge in [-0.05, 0) is 32.4 Å². The largest absolute Gasteiger partial charge is 0.336 e. The Morgan fingerprint density at radius 2 is 2.07 bits per heavy atom. The van der Waals surface area contributed by atoms with Gasteiger partial charge in [0, 0.05) is 42.4 Å². The second kappa shape index (κ2) is 9.20. The molecule has 1 aromatic carbocycles. The minimum absolute atomic E-state index is 0.0137. The van der Waals surface area contributed by atoms with Crippen molar-refractivity contribution >= 4 is 23.4 Å². The summed E-state index contributed by atoms with van der Waals surface area (Å²) in [7, 11) is 2.14. The van der Waals surface area contributed by atoms with E-state index in [9.17, 15) is 10.1 Å². The van der Waals surface area contributed by atoms with Crippen molar-refractivity contribution in [2.45, 2.75) is 32.2 Å². The third-order valence-corrected chi connectivity index (χ3v) is 5.75. The van der Waals surface area contributed by atoms with Gasteiger partial charge in [-0.3, -0.25) is 4.79 Å². The molecule has 0 bridgehead atoms. The molecule has 0 saturated heterocycles. The van der Waals surface area contributed by atoms with E-state index >= 15 is 0 Å². The molecule has 142 valence electrons. The first kappa shape index (κ1) is 19.7. The molecule has 1 fully saturated rings. The van der Waals surface area contributed by atoms with Crippen LogP contribution >= 0.6 is 11.8 Å². The lowest BCUT2D eigenvalue weighted by atomic mass is 10.0. The topological polar surface area (TPSA) is 59.7 Å². The average molecular weight is 383 g/mol. The molecule has 0 atom stereocenters. The van der Waals surface area contributed by atoms with E-state index in [1.54, 1.807) is 17.8 Å². The number of benzene rings is 1. The maximum absolute atomic E-state index is 13.1. The van der Waals surface area contributed by atoms with E-state index in [0.717, 1.165) is 37.3 Å². The van der Waals surface area contributed by atoms with Crippen molar-refractivity contribution in [3.05, 3.63) is 46.5 Å². The summed E-state index contributed by atoms with van der Waals surface area (Å²) in [6, 6.07) is 10.4. The molecule has 3 rings (SSSR count). The van der Waals surface area contributed by atoms with Crippen molar-refractivity contribution in [1.82, 2.24) is 9.80 Å². The molecular formula is C21H26N4OS. The first-order valence-electron chi connectivity index (χ1n) is 9.52. The van der Waals surface area contributed by atoms with Crippen LogP contribution < -0.4 is 0 Å². The fourth-order valence-electron chi connectivity index (χ4n) is 3.20. The number of aliphatic imine (C=N–C) groups is 1. The second-order valence-electron chi connectivity index (χ2n) is 7.03. The van der Waals surface area contributed by atoms with Crippen LogP contribution in [0.4, 0.5) is 0 Å². The first-order valence-corrected chi connectivity index (χ1v) is 10.6. The molecule has 0 aromatic heterocycles. The van der Waals surface area contributed by atoms with Gasteiger partial charge in [-0.25, -0.2) is 4.99 Å². The number of amides is 1. The minimum atomic E-state index is -0.0137. The normalized spacial score (nSPS) is 16.5. The van der Waals surface area contributed by atoms with Crippen molar-refractivity contribution in [3.63, 3.8) is 0 Å². The SMILES string of the molecule is CCCN(CCN(C)C1CC1)C(=O)C1=CSCC(c2ccccc2C#N)=N1. The smallest absolute Gasteiger partial charge is 0.273 e. The van der Waals surface area contributed by atoms with Gasteiger partial charge in [0.1, 0.15) is 5.70 Å². The van der Waals surface area contributed by atoms with Crippen LogP contribution in [0.15, 0.2) is 40.4 Å². The Bertz CT molecular complexity index is 792. The van der Waals surface area contributed by atoms with Gasteiger partial charge >= 0.3 is 0 Å². The highest BCUT2D eigenvalue weighted by atomic mass is 32.2. The van der Waals surface area contributed by atoms with Gasteiger partial charge in [-0.15, -0.1) is 11.8 Å². The highest BCUT2D eigenvalue weighted by Gasteiger charge is 2.27. The van der Waals surface area contributed by atoms with Gasteiger partial charge < -0.3 is 9.80 Å². The fraction of sp³-hybridized carbons (Fsp3) is 0.476. The highest BCUT2D eigenvalue weighted by Crippen LogP contribution is 2.25. The number of nitriles is 1. The molecular weight excluding hydrogens is 356 g/mol. The van der Waals surface area contributed by atoms with E-state index in [4.69, 9.17) is 0 Å². The van der Waals surface area contributed by atoms with E-state index in [1.165, 1.54) is 12.8 Å². The number of hydrogen-bond donors (Lipinski definition) is 0. The third kappa shape index (κ3) is 5.00. The van der Waals surface area contributed by atoms with E-state index in [2.05, 4.69) is 29.9 Å². The van der Waals surface area contributed by atoms with Gasteiger partial charge in [0.15, 0.2) is 0 Å². The number of rotatable bonds is 8. The lowest BCUT2D eigenvalue weighted by molar-refractivity contribution is -0.127. The Labute approximate surface area is 165 Å². The number of hydrogen-bond acceptors (Lipinski definition) is 5. The molecule has 0 spiro atoms. The summed E-state index contributed by atoms with van der Waals surface area (Å²) in [5.74, 6) is 0.661. The summed E-state index contributed by atoms with van der Waals surface area (Å²) in [4.78, 5) is 22.0. The lowest BCUT2D eigenvalue weighted by Crippen LogP contribution is -2.39. The number of nitrogens with zero attached hydrogens (tertiary/aromatic N) is 4. The Balaban J connectivity index is 1.74. The molecule has 1 amide bonds. The van der Waals surface area contributed by atoms with Crippen LogP contribution in [0.2, 0.25) is 0 Å². The number of thioether (sulfide) groups is 1. The number of carbonyl (C=O) groups excluding carboxylic acids is 1. The maximum Gasteiger partial charge on any atom is 0.273 e. The van der Waals surface area contributed by atoms with Gasteiger partial charge in [0.25, 0.3) is 5.91 Å². The minimum Gasteiger partial charge on any atom is -0.336 e. The van der Waals surface area contributed by atoms with E-state index in [1.807, 2.05) is 28.5 Å². The molecule has 5 nitrogen and oxygen atoms in total. The van der Waals surface area contributed by atoms with Gasteiger partial charge in [-0.1, -0.05) is 25.1 Å². The Hall–Kier alpha value is -2.10. The third-order valence-electron chi connectivity index (χ3n) is 4.92. The van der Waals surface area contributed by atoms with Crippen LogP contribution in [-0.4, -0.2) is 59.9 Å². The first-order chi connectivity index (χ1) is 13.1. The van der Waals surface area contributed by atoms with Crippen molar-refractivity contribution in [2.24, 2.45) is 4.99 Å². The van der Waals surface area contributed by atoms with Crippen LogP contribution in [0, 0.1) is 11.3 Å². The molecule has 0 unspecified atom stereocenters. The predicted molar refractivity (Wildman–Crippen MR) is 111 cm³/mol. The zero-order valence-corrected chi connectivity index (χ0v) is 16.8. The summed E-state index contributed by atoms with van der Waals surface area (Å²) < 4.78 is 0. The lowest BCUT2D eigenvalue weighted by Gasteiger charge is -2.26. The summed E-state index contributed by atoms with van der Waals surface area (Å²) in [5, 5.41) is 11.2. The highest BCUT2D eigenvalue weighted by molar-refractivity contribution is 8.02. The van der Waals surface area contributed by atoms with Gasteiger partial charge in [0.2, 0.25) is 0 Å². The Kier molecular flexibility index (Phi) is 6.70. The van der Waals surface area contributed by atoms with Crippen molar-refractivity contribution in [3.8, 4) is 6.07 Å². The van der Waals surface area contributed by atoms with Gasteiger partial charge in [0.05, 0.1) is 17.3 Å². The van der Waals surface area contributed by atoms with E-state index in [0.29, 0.717) is 23.1 Å². The van der Waals surface area contributed by atoms with Crippen molar-refractivity contribution in [1.29, 1.82) is 5.26 Å². The monoisotopic (exact) mass is 382 g/mol. The Morgan fingerprint density at radius 3 is 2.78 bits per heavy atom. The molecule has 1 aliphatic carbocycles. The van der Waals surface area contributed by atoms with Crippen LogP contribution in [-0.2, 0) is 4.79 Å². The van der Waals surface area contributed by atoms with Crippen LogP contribution in [0.25, 0.3) is 0 Å². The molecule has 0 radical (unpaired) electrons. The average Bonchev–Trinajstić information content (AvgIpc) is 3.56. The molecule has 1 aromatic rings. The summed E-state index contributed by atoms with van der Waals surface area (Å²) in [6.45, 7) is 4.44. The van der Waals surface area contributed by atoms with Crippen LogP contribution in [0.5, 0.6) is 0 Å². The molecule has 6 heteroatoms. The van der Waals surface area contributed by atoms with Crippen LogP contribution in [0.3, 0.4) is 0 Å². The Morgan fingerprint density at radius 1 is 1.30 bits per heavy atom. The standard InChI is InChI=1S/C21H26N4OS/c1-3-10-25(12-11-24(2)17-8-9-17)21(26)20-15-27-14-19(23-20)18-7-5-4-6-16(18)13-22/h4-7,15,17H,3,8-12,14H2,1-2H3. The molecule has 1 aliphatic heterocycles. The quantitative estimate of drug-likeness (QED) is 0.692.